The highest BCUT2D eigenvalue weighted by atomic mass is 32.2. The van der Waals surface area contributed by atoms with E-state index in [9.17, 15) is 22.0 Å². The quantitative estimate of drug-likeness (QED) is 0.758. The highest BCUT2D eigenvalue weighted by Gasteiger charge is 2.25. The number of carbonyl (C=O) groups excluding carboxylic acids is 1. The molecular weight excluding hydrogens is 386 g/mol. The zero-order valence-electron chi connectivity index (χ0n) is 16.3. The van der Waals surface area contributed by atoms with E-state index in [0.717, 1.165) is 35.1 Å². The van der Waals surface area contributed by atoms with Crippen molar-refractivity contribution in [3.05, 3.63) is 64.7 Å². The van der Waals surface area contributed by atoms with Crippen LogP contribution < -0.4 is 9.62 Å². The molecule has 0 aromatic heterocycles. The van der Waals surface area contributed by atoms with Crippen LogP contribution in [-0.4, -0.2) is 27.1 Å². The normalized spacial score (nSPS) is 12.5. The molecule has 0 unspecified atom stereocenters. The molecule has 28 heavy (non-hydrogen) atoms. The van der Waals surface area contributed by atoms with Crippen molar-refractivity contribution in [3.8, 4) is 0 Å². The van der Waals surface area contributed by atoms with Crippen molar-refractivity contribution in [1.82, 2.24) is 5.32 Å². The average molecular weight is 410 g/mol. The van der Waals surface area contributed by atoms with Crippen LogP contribution in [0.5, 0.6) is 0 Å². The molecule has 2 aromatic carbocycles. The molecule has 0 saturated carbocycles. The lowest BCUT2D eigenvalue weighted by Gasteiger charge is -2.25. The molecule has 2 aromatic rings. The number of rotatable bonds is 7. The molecule has 5 nitrogen and oxygen atoms in total. The van der Waals surface area contributed by atoms with Gasteiger partial charge in [0, 0.05) is 6.07 Å². The van der Waals surface area contributed by atoms with Crippen molar-refractivity contribution >= 4 is 21.6 Å². The van der Waals surface area contributed by atoms with Crippen LogP contribution >= 0.6 is 0 Å². The first kappa shape index (κ1) is 21.8. The first-order chi connectivity index (χ1) is 13.0. The molecule has 0 heterocycles. The first-order valence-electron chi connectivity index (χ1n) is 8.82. The number of nitrogens with one attached hydrogen (secondary N) is 1. The van der Waals surface area contributed by atoms with Crippen molar-refractivity contribution in [1.29, 1.82) is 0 Å². The van der Waals surface area contributed by atoms with E-state index in [2.05, 4.69) is 5.32 Å². The van der Waals surface area contributed by atoms with E-state index < -0.39 is 34.1 Å². The maximum Gasteiger partial charge on any atom is 0.241 e. The summed E-state index contributed by atoms with van der Waals surface area (Å²) in [7, 11) is -3.96. The number of amides is 1. The van der Waals surface area contributed by atoms with E-state index in [1.807, 2.05) is 39.0 Å². The summed E-state index contributed by atoms with van der Waals surface area (Å²) >= 11 is 0. The number of hydrogen-bond acceptors (Lipinski definition) is 3. The SMILES string of the molecule is CC[C@H](NC(=O)CN(c1ccc(F)cc1F)S(C)(=O)=O)c1ccc(C)cc1C. The van der Waals surface area contributed by atoms with Crippen molar-refractivity contribution in [2.45, 2.75) is 33.2 Å². The monoisotopic (exact) mass is 410 g/mol. The molecule has 1 N–H and O–H groups in total. The molecule has 1 atom stereocenters. The molecule has 0 bridgehead atoms. The lowest BCUT2D eigenvalue weighted by Crippen LogP contribution is -2.42. The van der Waals surface area contributed by atoms with Gasteiger partial charge in [0.25, 0.3) is 0 Å². The zero-order chi connectivity index (χ0) is 21.1. The Balaban J connectivity index is 2.26. The second-order valence-electron chi connectivity index (χ2n) is 6.75. The van der Waals surface area contributed by atoms with Crippen LogP contribution in [0.25, 0.3) is 0 Å². The predicted molar refractivity (Wildman–Crippen MR) is 106 cm³/mol. The predicted octanol–water partition coefficient (Wildman–Crippen LogP) is 3.62. The number of anilines is 1. The van der Waals surface area contributed by atoms with Crippen LogP contribution in [0.1, 0.15) is 36.1 Å². The van der Waals surface area contributed by atoms with Crippen molar-refractivity contribution in [2.75, 3.05) is 17.1 Å². The summed E-state index contributed by atoms with van der Waals surface area (Å²) in [6.45, 7) is 5.20. The molecule has 0 aliphatic heterocycles. The summed E-state index contributed by atoms with van der Waals surface area (Å²) in [5.41, 5.74) is 2.66. The van der Waals surface area contributed by atoms with Crippen LogP contribution in [0.3, 0.4) is 0 Å². The standard InChI is InChI=1S/C20H24F2N2O3S/c1-5-18(16-8-6-13(2)10-14(16)3)23-20(25)12-24(28(4,26)27)19-9-7-15(21)11-17(19)22/h6-11,18H,5,12H2,1-4H3,(H,23,25)/t18-/m0/s1. The zero-order valence-corrected chi connectivity index (χ0v) is 17.1. The van der Waals surface area contributed by atoms with Crippen LogP contribution in [-0.2, 0) is 14.8 Å². The van der Waals surface area contributed by atoms with E-state index in [4.69, 9.17) is 0 Å². The van der Waals surface area contributed by atoms with Crippen LogP contribution in [0.2, 0.25) is 0 Å². The fourth-order valence-corrected chi connectivity index (χ4v) is 3.91. The third-order valence-electron chi connectivity index (χ3n) is 4.41. The topological polar surface area (TPSA) is 66.5 Å². The van der Waals surface area contributed by atoms with Gasteiger partial charge < -0.3 is 5.32 Å². The van der Waals surface area contributed by atoms with E-state index in [1.54, 1.807) is 0 Å². The maximum atomic E-state index is 14.1. The third kappa shape index (κ3) is 5.28. The summed E-state index contributed by atoms with van der Waals surface area (Å²) in [6, 6.07) is 8.07. The van der Waals surface area contributed by atoms with Gasteiger partial charge in [0.05, 0.1) is 18.0 Å². The number of nitrogens with zero attached hydrogens (tertiary/aromatic N) is 1. The minimum Gasteiger partial charge on any atom is -0.348 e. The Labute approximate surface area is 164 Å². The molecule has 1 amide bonds. The van der Waals surface area contributed by atoms with Gasteiger partial charge in [0.2, 0.25) is 15.9 Å². The maximum absolute atomic E-state index is 14.1. The Kier molecular flexibility index (Phi) is 6.77. The summed E-state index contributed by atoms with van der Waals surface area (Å²) in [5.74, 6) is -2.47. The van der Waals surface area contributed by atoms with Gasteiger partial charge >= 0.3 is 0 Å². The number of halogens is 2. The Bertz CT molecular complexity index is 977. The van der Waals surface area contributed by atoms with E-state index in [0.29, 0.717) is 16.8 Å². The number of aryl methyl sites for hydroxylation is 2. The van der Waals surface area contributed by atoms with Gasteiger partial charge in [0.1, 0.15) is 18.2 Å². The molecular formula is C20H24F2N2O3S. The Hall–Kier alpha value is -2.48. The van der Waals surface area contributed by atoms with Crippen molar-refractivity contribution in [3.63, 3.8) is 0 Å². The molecule has 2 rings (SSSR count). The highest BCUT2D eigenvalue weighted by Crippen LogP contribution is 2.24. The number of hydrogen-bond donors (Lipinski definition) is 1. The number of benzene rings is 2. The molecule has 0 radical (unpaired) electrons. The van der Waals surface area contributed by atoms with E-state index in [1.165, 1.54) is 0 Å². The first-order valence-corrected chi connectivity index (χ1v) is 10.7. The largest absolute Gasteiger partial charge is 0.348 e. The van der Waals surface area contributed by atoms with Gasteiger partial charge in [-0.15, -0.1) is 0 Å². The van der Waals surface area contributed by atoms with Crippen LogP contribution in [0.4, 0.5) is 14.5 Å². The van der Waals surface area contributed by atoms with Crippen molar-refractivity contribution < 1.29 is 22.0 Å². The Morgan fingerprint density at radius 3 is 2.36 bits per heavy atom. The number of sulfonamides is 1. The molecule has 0 aliphatic rings. The molecule has 0 spiro atoms. The lowest BCUT2D eigenvalue weighted by atomic mass is 9.97. The average Bonchev–Trinajstić information content (AvgIpc) is 2.58. The molecule has 152 valence electrons. The Morgan fingerprint density at radius 2 is 1.82 bits per heavy atom. The van der Waals surface area contributed by atoms with Gasteiger partial charge in [-0.2, -0.15) is 0 Å². The lowest BCUT2D eigenvalue weighted by molar-refractivity contribution is -0.120. The molecule has 8 heteroatoms. The van der Waals surface area contributed by atoms with Gasteiger partial charge in [0.15, 0.2) is 0 Å². The van der Waals surface area contributed by atoms with Gasteiger partial charge in [-0.1, -0.05) is 30.7 Å². The fourth-order valence-electron chi connectivity index (χ4n) is 3.05. The van der Waals surface area contributed by atoms with Gasteiger partial charge in [-0.3, -0.25) is 9.10 Å². The minimum absolute atomic E-state index is 0.312. The molecule has 0 saturated heterocycles. The summed E-state index contributed by atoms with van der Waals surface area (Å²) < 4.78 is 52.1. The van der Waals surface area contributed by atoms with Crippen LogP contribution in [0.15, 0.2) is 36.4 Å². The third-order valence-corrected chi connectivity index (χ3v) is 5.54. The van der Waals surface area contributed by atoms with E-state index in [-0.39, 0.29) is 11.7 Å². The molecule has 0 fully saturated rings. The van der Waals surface area contributed by atoms with Gasteiger partial charge in [-0.05, 0) is 43.5 Å². The number of carbonyl (C=O) groups is 1. The smallest absolute Gasteiger partial charge is 0.241 e. The second-order valence-corrected chi connectivity index (χ2v) is 8.66. The molecule has 0 aliphatic carbocycles. The second kappa shape index (κ2) is 8.68. The summed E-state index contributed by atoms with van der Waals surface area (Å²) in [5, 5.41) is 2.80. The summed E-state index contributed by atoms with van der Waals surface area (Å²) in [6.07, 6.45) is 1.46. The minimum atomic E-state index is -3.96. The van der Waals surface area contributed by atoms with Gasteiger partial charge in [-0.25, -0.2) is 17.2 Å². The van der Waals surface area contributed by atoms with Crippen molar-refractivity contribution in [2.24, 2.45) is 0 Å². The summed E-state index contributed by atoms with van der Waals surface area (Å²) in [4.78, 5) is 12.6. The highest BCUT2D eigenvalue weighted by molar-refractivity contribution is 7.92. The fraction of sp³-hybridized carbons (Fsp3) is 0.350. The van der Waals surface area contributed by atoms with Crippen LogP contribution in [0, 0.1) is 25.5 Å². The Morgan fingerprint density at radius 1 is 1.14 bits per heavy atom. The van der Waals surface area contributed by atoms with E-state index >= 15 is 0 Å².